The number of hydrogen-bond acceptors (Lipinski definition) is 2. The Kier molecular flexibility index (Phi) is 3.62. The summed E-state index contributed by atoms with van der Waals surface area (Å²) in [5.74, 6) is 0.870. The largest absolute Gasteiger partial charge is 0.551 e. The van der Waals surface area contributed by atoms with E-state index in [-0.39, 0.29) is 12.3 Å². The van der Waals surface area contributed by atoms with Crippen LogP contribution in [0.1, 0.15) is 0 Å². The molecule has 3 heterocycles. The average Bonchev–Trinajstić information content (AvgIpc) is 2.92. The van der Waals surface area contributed by atoms with E-state index in [1.165, 1.54) is 5.56 Å². The Hall–Kier alpha value is -4.57. The lowest BCUT2D eigenvalue weighted by Crippen LogP contribution is -2.55. The van der Waals surface area contributed by atoms with Crippen molar-refractivity contribution in [2.45, 2.75) is 0 Å². The lowest BCUT2D eigenvalue weighted by atomic mass is 9.50. The van der Waals surface area contributed by atoms with Gasteiger partial charge in [0.25, 0.3) is 0 Å². The Bertz CT molecular complexity index is 1910. The first-order chi connectivity index (χ1) is 17.3. The van der Waals surface area contributed by atoms with Crippen molar-refractivity contribution in [3.8, 4) is 33.7 Å². The molecule has 6 aromatic rings. The first-order valence-electron chi connectivity index (χ1n) is 11.9. The molecule has 0 saturated heterocycles. The van der Waals surface area contributed by atoms with E-state index in [1.54, 1.807) is 0 Å². The molecule has 35 heavy (non-hydrogen) atoms. The number of aromatic nitrogens is 1. The van der Waals surface area contributed by atoms with Crippen LogP contribution < -0.4 is 21.0 Å². The summed E-state index contributed by atoms with van der Waals surface area (Å²) in [4.78, 5) is 13.5. The van der Waals surface area contributed by atoms with Crippen molar-refractivity contribution in [3.63, 3.8) is 0 Å². The van der Waals surface area contributed by atoms with Gasteiger partial charge in [0.1, 0.15) is 5.75 Å². The van der Waals surface area contributed by atoms with E-state index in [2.05, 4.69) is 71.3 Å². The van der Waals surface area contributed by atoms with Gasteiger partial charge in [-0.2, -0.15) is 0 Å². The molecule has 0 spiro atoms. The second-order valence-electron chi connectivity index (χ2n) is 9.24. The highest BCUT2D eigenvalue weighted by atomic mass is 16.4. The Balaban J connectivity index is 1.48. The molecule has 0 N–H and O–H groups in total. The summed E-state index contributed by atoms with van der Waals surface area (Å²) in [6, 6.07) is 37.2. The lowest BCUT2D eigenvalue weighted by Gasteiger charge is -2.34. The molecule has 162 valence electrons. The van der Waals surface area contributed by atoms with Crippen LogP contribution in [0.2, 0.25) is 0 Å². The van der Waals surface area contributed by atoms with Gasteiger partial charge in [0.05, 0.1) is 11.0 Å². The minimum Gasteiger partial charge on any atom is -0.551 e. The fourth-order valence-corrected chi connectivity index (χ4v) is 5.90. The smallest absolute Gasteiger partial charge is 0.431 e. The van der Waals surface area contributed by atoms with Gasteiger partial charge < -0.3 is 9.22 Å². The van der Waals surface area contributed by atoms with Crippen molar-refractivity contribution in [2.24, 2.45) is 0 Å². The molecule has 0 aliphatic carbocycles. The second-order valence-corrected chi connectivity index (χ2v) is 9.24. The van der Waals surface area contributed by atoms with Gasteiger partial charge >= 0.3 is 6.92 Å². The van der Waals surface area contributed by atoms with Gasteiger partial charge in [-0.15, -0.1) is 0 Å². The fourth-order valence-electron chi connectivity index (χ4n) is 5.90. The maximum Gasteiger partial charge on any atom is 0.431 e. The Morgan fingerprint density at radius 3 is 2.37 bits per heavy atom. The highest BCUT2D eigenvalue weighted by Gasteiger charge is 2.40. The van der Waals surface area contributed by atoms with Crippen LogP contribution in [0.15, 0.2) is 114 Å². The molecule has 2 aliphatic heterocycles. The van der Waals surface area contributed by atoms with E-state index in [4.69, 9.17) is 4.65 Å². The Labute approximate surface area is 202 Å². The van der Waals surface area contributed by atoms with Crippen LogP contribution >= 0.6 is 0 Å². The van der Waals surface area contributed by atoms with E-state index in [0.29, 0.717) is 0 Å². The van der Waals surface area contributed by atoms with Gasteiger partial charge in [0, 0.05) is 27.5 Å². The van der Waals surface area contributed by atoms with Gasteiger partial charge in [-0.1, -0.05) is 78.9 Å². The van der Waals surface area contributed by atoms with Gasteiger partial charge in [0.15, 0.2) is 5.43 Å². The van der Waals surface area contributed by atoms with Crippen molar-refractivity contribution in [1.29, 1.82) is 0 Å². The van der Waals surface area contributed by atoms with Crippen LogP contribution in [0.4, 0.5) is 0 Å². The van der Waals surface area contributed by atoms with Crippen molar-refractivity contribution in [3.05, 3.63) is 119 Å². The standard InChI is InChI=1S/C31H18BNO2/c34-31-23-10-4-5-14-26(23)33-27-15-7-11-22-21-17-16-20(19-8-2-1-3-9-19)18-28(21)35-32(29(22)27)25-13-6-12-24(31)30(25)33/h1-18H. The number of nitrogens with zero attached hydrogens (tertiary/aromatic N) is 1. The summed E-state index contributed by atoms with van der Waals surface area (Å²) in [6.07, 6.45) is 0. The maximum absolute atomic E-state index is 13.5. The van der Waals surface area contributed by atoms with Crippen molar-refractivity contribution in [1.82, 2.24) is 4.57 Å². The molecular formula is C31H18BNO2. The molecule has 0 amide bonds. The van der Waals surface area contributed by atoms with Crippen LogP contribution in [0.3, 0.4) is 0 Å². The molecular weight excluding hydrogens is 429 g/mol. The summed E-state index contributed by atoms with van der Waals surface area (Å²) in [6.45, 7) is -0.274. The number of hydrogen-bond donors (Lipinski definition) is 0. The molecule has 0 radical (unpaired) electrons. The van der Waals surface area contributed by atoms with Gasteiger partial charge in [-0.05, 0) is 52.5 Å². The highest BCUT2D eigenvalue weighted by molar-refractivity contribution is 6.85. The average molecular weight is 447 g/mol. The molecule has 2 aliphatic rings. The van der Waals surface area contributed by atoms with E-state index in [1.807, 2.05) is 42.5 Å². The molecule has 4 heteroatoms. The first kappa shape index (κ1) is 18.8. The molecule has 0 unspecified atom stereocenters. The summed E-state index contributed by atoms with van der Waals surface area (Å²) >= 11 is 0. The minimum absolute atomic E-state index is 0.0656. The van der Waals surface area contributed by atoms with Crippen LogP contribution in [-0.4, -0.2) is 11.5 Å². The van der Waals surface area contributed by atoms with Crippen LogP contribution in [0.25, 0.3) is 49.7 Å². The van der Waals surface area contributed by atoms with Crippen LogP contribution in [0.5, 0.6) is 5.75 Å². The molecule has 8 rings (SSSR count). The first-order valence-corrected chi connectivity index (χ1v) is 11.9. The third-order valence-electron chi connectivity index (χ3n) is 7.42. The Morgan fingerprint density at radius 1 is 0.657 bits per heavy atom. The van der Waals surface area contributed by atoms with Crippen molar-refractivity contribution < 1.29 is 4.65 Å². The van der Waals surface area contributed by atoms with Crippen LogP contribution in [0, 0.1) is 0 Å². The highest BCUT2D eigenvalue weighted by Crippen LogP contribution is 2.39. The summed E-state index contributed by atoms with van der Waals surface area (Å²) in [7, 11) is 0. The summed E-state index contributed by atoms with van der Waals surface area (Å²) < 4.78 is 9.04. The SMILES string of the molecule is O=c1c2ccccc2n2c3c(cccc13)B1Oc3cc(-c4ccccc4)ccc3-c3cccc-2c31. The van der Waals surface area contributed by atoms with Crippen molar-refractivity contribution >= 4 is 39.6 Å². The van der Waals surface area contributed by atoms with Gasteiger partial charge in [0.2, 0.25) is 0 Å². The predicted octanol–water partition coefficient (Wildman–Crippen LogP) is 5.29. The molecule has 0 saturated carbocycles. The van der Waals surface area contributed by atoms with Gasteiger partial charge in [-0.3, -0.25) is 4.79 Å². The third-order valence-corrected chi connectivity index (χ3v) is 7.42. The summed E-state index contributed by atoms with van der Waals surface area (Å²) in [5.41, 5.74) is 9.75. The summed E-state index contributed by atoms with van der Waals surface area (Å²) in [5, 5.41) is 1.46. The number of pyridine rings is 1. The Morgan fingerprint density at radius 2 is 1.46 bits per heavy atom. The quantitative estimate of drug-likeness (QED) is 0.253. The number of rotatable bonds is 1. The molecule has 3 nitrogen and oxygen atoms in total. The molecule has 0 bridgehead atoms. The second kappa shape index (κ2) is 6.74. The number of fused-ring (bicyclic) bond motifs is 6. The molecule has 5 aromatic carbocycles. The zero-order chi connectivity index (χ0) is 23.1. The topological polar surface area (TPSA) is 31.2 Å². The predicted molar refractivity (Wildman–Crippen MR) is 144 cm³/mol. The minimum atomic E-state index is -0.274. The maximum atomic E-state index is 13.5. The molecule has 1 aromatic heterocycles. The lowest BCUT2D eigenvalue weighted by molar-refractivity contribution is 0.590. The van der Waals surface area contributed by atoms with E-state index in [9.17, 15) is 4.79 Å². The van der Waals surface area contributed by atoms with Crippen molar-refractivity contribution in [2.75, 3.05) is 0 Å². The fraction of sp³-hybridized carbons (Fsp3) is 0. The van der Waals surface area contributed by atoms with Gasteiger partial charge in [-0.25, -0.2) is 0 Å². The normalized spacial score (nSPS) is 12.9. The zero-order valence-corrected chi connectivity index (χ0v) is 18.7. The molecule has 0 atom stereocenters. The third kappa shape index (κ3) is 2.43. The molecule has 0 fully saturated rings. The van der Waals surface area contributed by atoms with E-state index >= 15 is 0 Å². The number of para-hydroxylation sites is 2. The van der Waals surface area contributed by atoms with E-state index in [0.717, 1.165) is 60.9 Å². The number of benzene rings is 5. The van der Waals surface area contributed by atoms with E-state index < -0.39 is 0 Å². The zero-order valence-electron chi connectivity index (χ0n) is 18.7. The van der Waals surface area contributed by atoms with Crippen LogP contribution in [-0.2, 0) is 0 Å². The monoisotopic (exact) mass is 447 g/mol.